The van der Waals surface area contributed by atoms with Gasteiger partial charge in [0, 0.05) is 12.3 Å². The fourth-order valence-corrected chi connectivity index (χ4v) is 4.21. The monoisotopic (exact) mass is 403 g/mol. The lowest BCUT2D eigenvalue weighted by Crippen LogP contribution is -3.13. The summed E-state index contributed by atoms with van der Waals surface area (Å²) in [6.45, 7) is 9.67. The van der Waals surface area contributed by atoms with Gasteiger partial charge < -0.3 is 9.64 Å². The van der Waals surface area contributed by atoms with Crippen LogP contribution in [0.1, 0.15) is 25.1 Å². The van der Waals surface area contributed by atoms with Gasteiger partial charge in [0.15, 0.2) is 5.13 Å². The zero-order valence-electron chi connectivity index (χ0n) is 16.6. The van der Waals surface area contributed by atoms with Crippen LogP contribution in [0, 0.1) is 6.92 Å². The number of nitrogens with one attached hydrogen (secondary N) is 1. The van der Waals surface area contributed by atoms with Crippen molar-refractivity contribution in [1.82, 2.24) is 9.88 Å². The van der Waals surface area contributed by atoms with Gasteiger partial charge in [-0.15, -0.1) is 11.3 Å². The summed E-state index contributed by atoms with van der Waals surface area (Å²) in [6.07, 6.45) is -0.229. The lowest BCUT2D eigenvalue weighted by atomic mass is 10.2. The number of nitrogens with zero attached hydrogens (tertiary/aromatic N) is 3. The smallest absolute Gasteiger partial charge is 0.410 e. The van der Waals surface area contributed by atoms with Crippen molar-refractivity contribution in [1.29, 1.82) is 0 Å². The van der Waals surface area contributed by atoms with E-state index in [0.29, 0.717) is 24.8 Å². The molecule has 3 rings (SSSR count). The highest BCUT2D eigenvalue weighted by Gasteiger charge is 2.26. The number of thiazole rings is 1. The molecule has 1 saturated heterocycles. The zero-order valence-corrected chi connectivity index (χ0v) is 17.4. The third kappa shape index (κ3) is 4.88. The number of anilines is 2. The summed E-state index contributed by atoms with van der Waals surface area (Å²) in [6, 6.07) is 7.87. The first-order valence-electron chi connectivity index (χ1n) is 9.55. The second-order valence-electron chi connectivity index (χ2n) is 6.93. The molecule has 0 unspecified atom stereocenters. The Balaban J connectivity index is 1.64. The van der Waals surface area contributed by atoms with Crippen LogP contribution in [0.25, 0.3) is 0 Å². The topological polar surface area (TPSA) is 67.2 Å². The zero-order chi connectivity index (χ0) is 20.1. The summed E-state index contributed by atoms with van der Waals surface area (Å²) >= 11 is 1.48. The van der Waals surface area contributed by atoms with Crippen LogP contribution < -0.4 is 9.80 Å². The first-order chi connectivity index (χ1) is 13.5. The first kappa shape index (κ1) is 20.3. The molecular weight excluding hydrogens is 376 g/mol. The van der Waals surface area contributed by atoms with E-state index in [4.69, 9.17) is 9.72 Å². The lowest BCUT2D eigenvalue weighted by Gasteiger charge is -2.31. The second kappa shape index (κ2) is 9.16. The number of piperazine rings is 1. The quantitative estimate of drug-likeness (QED) is 0.829. The van der Waals surface area contributed by atoms with Crippen molar-refractivity contribution < 1.29 is 19.2 Å². The molecule has 2 heterocycles. The SMILES string of the molecule is CCOC(=O)N1CC[NH+](Cc2csc(N(C(C)=O)c3cccc(C)c3)n2)CC1. The molecule has 1 N–H and O–H groups in total. The van der Waals surface area contributed by atoms with E-state index < -0.39 is 0 Å². The van der Waals surface area contributed by atoms with Crippen LogP contribution in [-0.2, 0) is 16.1 Å². The number of benzene rings is 1. The second-order valence-corrected chi connectivity index (χ2v) is 7.76. The van der Waals surface area contributed by atoms with Gasteiger partial charge in [-0.25, -0.2) is 9.78 Å². The van der Waals surface area contributed by atoms with Crippen molar-refractivity contribution in [2.75, 3.05) is 37.7 Å². The molecule has 0 aliphatic carbocycles. The van der Waals surface area contributed by atoms with E-state index in [0.717, 1.165) is 36.6 Å². The van der Waals surface area contributed by atoms with E-state index in [1.807, 2.05) is 43.5 Å². The summed E-state index contributed by atoms with van der Waals surface area (Å²) in [4.78, 5) is 33.6. The maximum atomic E-state index is 12.2. The number of carbonyl (C=O) groups is 2. The first-order valence-corrected chi connectivity index (χ1v) is 10.4. The molecule has 2 aromatic rings. The summed E-state index contributed by atoms with van der Waals surface area (Å²) in [7, 11) is 0. The molecule has 0 spiro atoms. The van der Waals surface area contributed by atoms with Crippen LogP contribution in [0.4, 0.5) is 15.6 Å². The van der Waals surface area contributed by atoms with Gasteiger partial charge in [-0.1, -0.05) is 12.1 Å². The minimum absolute atomic E-state index is 0.0538. The van der Waals surface area contributed by atoms with Crippen molar-refractivity contribution in [3.8, 4) is 0 Å². The molecule has 2 amide bonds. The van der Waals surface area contributed by atoms with Crippen LogP contribution in [0.15, 0.2) is 29.6 Å². The summed E-state index contributed by atoms with van der Waals surface area (Å²) in [5.74, 6) is -0.0538. The average molecular weight is 404 g/mol. The van der Waals surface area contributed by atoms with Gasteiger partial charge in [0.25, 0.3) is 0 Å². The number of quaternary nitrogens is 1. The standard InChI is InChI=1S/C20H26N4O3S/c1-4-27-20(26)23-10-8-22(9-11-23)13-17-14-28-19(21-17)24(16(3)25)18-7-5-6-15(2)12-18/h5-7,12,14H,4,8-11,13H2,1-3H3/p+1. The van der Waals surface area contributed by atoms with Crippen LogP contribution in [0.2, 0.25) is 0 Å². The number of aromatic nitrogens is 1. The third-order valence-electron chi connectivity index (χ3n) is 4.73. The summed E-state index contributed by atoms with van der Waals surface area (Å²) in [5.41, 5.74) is 2.91. The normalized spacial score (nSPS) is 14.8. The van der Waals surface area contributed by atoms with Crippen LogP contribution in [0.3, 0.4) is 0 Å². The molecule has 0 atom stereocenters. The number of carbonyl (C=O) groups excluding carboxylic acids is 2. The number of rotatable bonds is 5. The van der Waals surface area contributed by atoms with Gasteiger partial charge in [-0.3, -0.25) is 14.6 Å². The molecule has 150 valence electrons. The van der Waals surface area contributed by atoms with Gasteiger partial charge >= 0.3 is 6.09 Å². The van der Waals surface area contributed by atoms with Gasteiger partial charge in [0.1, 0.15) is 12.2 Å². The number of ether oxygens (including phenoxy) is 1. The van der Waals surface area contributed by atoms with E-state index in [1.54, 1.807) is 16.7 Å². The fraction of sp³-hybridized carbons (Fsp3) is 0.450. The number of hydrogen-bond donors (Lipinski definition) is 1. The van der Waals surface area contributed by atoms with Gasteiger partial charge in [-0.05, 0) is 31.5 Å². The highest BCUT2D eigenvalue weighted by atomic mass is 32.1. The van der Waals surface area contributed by atoms with Crippen molar-refractivity contribution in [2.45, 2.75) is 27.3 Å². The molecule has 1 aliphatic rings. The van der Waals surface area contributed by atoms with Gasteiger partial charge in [-0.2, -0.15) is 0 Å². The van der Waals surface area contributed by atoms with Crippen LogP contribution in [-0.4, -0.2) is 54.7 Å². The van der Waals surface area contributed by atoms with Crippen molar-refractivity contribution in [3.05, 3.63) is 40.9 Å². The predicted octanol–water partition coefficient (Wildman–Crippen LogP) is 1.99. The highest BCUT2D eigenvalue weighted by molar-refractivity contribution is 7.14. The molecular formula is C20H27N4O3S+. The Labute approximate surface area is 169 Å². The lowest BCUT2D eigenvalue weighted by molar-refractivity contribution is -0.917. The Kier molecular flexibility index (Phi) is 6.64. The average Bonchev–Trinajstić information content (AvgIpc) is 3.10. The Bertz CT molecular complexity index is 830. The van der Waals surface area contributed by atoms with Crippen molar-refractivity contribution >= 4 is 34.2 Å². The maximum absolute atomic E-state index is 12.2. The van der Waals surface area contributed by atoms with E-state index in [2.05, 4.69) is 0 Å². The number of amides is 2. The van der Waals surface area contributed by atoms with Crippen molar-refractivity contribution in [3.63, 3.8) is 0 Å². The van der Waals surface area contributed by atoms with E-state index in [-0.39, 0.29) is 12.0 Å². The molecule has 8 heteroatoms. The minimum Gasteiger partial charge on any atom is -0.450 e. The molecule has 1 aliphatic heterocycles. The van der Waals surface area contributed by atoms with E-state index in [9.17, 15) is 9.59 Å². The Hall–Kier alpha value is -2.45. The Morgan fingerprint density at radius 1 is 1.32 bits per heavy atom. The number of hydrogen-bond acceptors (Lipinski definition) is 5. The fourth-order valence-electron chi connectivity index (χ4n) is 3.33. The molecule has 0 radical (unpaired) electrons. The predicted molar refractivity (Wildman–Crippen MR) is 109 cm³/mol. The van der Waals surface area contributed by atoms with Crippen molar-refractivity contribution in [2.24, 2.45) is 0 Å². The number of aryl methyl sites for hydroxylation is 1. The molecule has 28 heavy (non-hydrogen) atoms. The Morgan fingerprint density at radius 2 is 2.07 bits per heavy atom. The van der Waals surface area contributed by atoms with Gasteiger partial charge in [0.2, 0.25) is 5.91 Å². The maximum Gasteiger partial charge on any atom is 0.410 e. The largest absolute Gasteiger partial charge is 0.450 e. The molecule has 0 saturated carbocycles. The molecule has 0 bridgehead atoms. The minimum atomic E-state index is -0.229. The summed E-state index contributed by atoms with van der Waals surface area (Å²) in [5, 5.41) is 2.71. The molecule has 1 aromatic heterocycles. The van der Waals surface area contributed by atoms with Gasteiger partial charge in [0.05, 0.1) is 38.5 Å². The highest BCUT2D eigenvalue weighted by Crippen LogP contribution is 2.29. The third-order valence-corrected chi connectivity index (χ3v) is 5.61. The summed E-state index contributed by atoms with van der Waals surface area (Å²) < 4.78 is 5.07. The van der Waals surface area contributed by atoms with Crippen LogP contribution in [0.5, 0.6) is 0 Å². The molecule has 7 nitrogen and oxygen atoms in total. The van der Waals surface area contributed by atoms with Crippen LogP contribution >= 0.6 is 11.3 Å². The van der Waals surface area contributed by atoms with E-state index in [1.165, 1.54) is 16.2 Å². The van der Waals surface area contributed by atoms with E-state index >= 15 is 0 Å². The Morgan fingerprint density at radius 3 is 2.71 bits per heavy atom. The molecule has 1 fully saturated rings. The molecule has 1 aromatic carbocycles.